The van der Waals surface area contributed by atoms with Gasteiger partial charge in [0.15, 0.2) is 0 Å². The number of amides is 4. The van der Waals surface area contributed by atoms with E-state index in [1.165, 1.54) is 5.56 Å². The molecule has 0 atom stereocenters. The zero-order chi connectivity index (χ0) is 22.9. The van der Waals surface area contributed by atoms with E-state index in [1.807, 2.05) is 36.9 Å². The summed E-state index contributed by atoms with van der Waals surface area (Å²) in [6.45, 7) is 5.95. The van der Waals surface area contributed by atoms with Gasteiger partial charge < -0.3 is 20.4 Å². The molecule has 7 heteroatoms. The standard InChI is InChI=1S/C25H32N4O3/c1-19(2)26-25(32)27-22-13-11-21(12-14-22)24(31)29-17-15-28(16-18-29)23(30)10-6-9-20-7-4-3-5-8-20/h3-5,7-8,11-14,19H,6,9-10,15-18H2,1-2H3,(H2,26,27,32). The number of anilines is 1. The van der Waals surface area contributed by atoms with Gasteiger partial charge in [-0.05, 0) is 56.5 Å². The Kier molecular flexibility index (Phi) is 8.25. The molecule has 2 N–H and O–H groups in total. The molecule has 0 saturated carbocycles. The minimum atomic E-state index is -0.274. The van der Waals surface area contributed by atoms with Crippen LogP contribution in [0.1, 0.15) is 42.6 Å². The van der Waals surface area contributed by atoms with Gasteiger partial charge in [0.05, 0.1) is 0 Å². The van der Waals surface area contributed by atoms with Crippen molar-refractivity contribution in [3.05, 3.63) is 65.7 Å². The van der Waals surface area contributed by atoms with Crippen LogP contribution in [-0.2, 0) is 11.2 Å². The molecule has 0 bridgehead atoms. The zero-order valence-corrected chi connectivity index (χ0v) is 18.8. The van der Waals surface area contributed by atoms with Crippen LogP contribution in [0.5, 0.6) is 0 Å². The number of piperazine rings is 1. The van der Waals surface area contributed by atoms with Gasteiger partial charge in [0.25, 0.3) is 5.91 Å². The lowest BCUT2D eigenvalue weighted by molar-refractivity contribution is -0.132. The fourth-order valence-electron chi connectivity index (χ4n) is 3.71. The van der Waals surface area contributed by atoms with Crippen molar-refractivity contribution in [2.45, 2.75) is 39.2 Å². The molecule has 1 saturated heterocycles. The Morgan fingerprint density at radius 1 is 0.875 bits per heavy atom. The normalized spacial score (nSPS) is 13.7. The van der Waals surface area contributed by atoms with E-state index < -0.39 is 0 Å². The smallest absolute Gasteiger partial charge is 0.319 e. The third-order valence-electron chi connectivity index (χ3n) is 5.43. The third kappa shape index (κ3) is 6.83. The highest BCUT2D eigenvalue weighted by atomic mass is 16.2. The lowest BCUT2D eigenvalue weighted by atomic mass is 10.1. The molecule has 7 nitrogen and oxygen atoms in total. The van der Waals surface area contributed by atoms with Crippen molar-refractivity contribution >= 4 is 23.5 Å². The van der Waals surface area contributed by atoms with Gasteiger partial charge >= 0.3 is 6.03 Å². The summed E-state index contributed by atoms with van der Waals surface area (Å²) < 4.78 is 0. The number of rotatable bonds is 7. The summed E-state index contributed by atoms with van der Waals surface area (Å²) in [5.74, 6) is 0.0995. The summed E-state index contributed by atoms with van der Waals surface area (Å²) >= 11 is 0. The number of aryl methyl sites for hydroxylation is 1. The van der Waals surface area contributed by atoms with E-state index in [1.54, 1.807) is 29.2 Å². The number of hydrogen-bond donors (Lipinski definition) is 2. The largest absolute Gasteiger partial charge is 0.339 e. The van der Waals surface area contributed by atoms with Gasteiger partial charge in [-0.25, -0.2) is 4.79 Å². The maximum Gasteiger partial charge on any atom is 0.319 e. The number of nitrogens with zero attached hydrogens (tertiary/aromatic N) is 2. The first kappa shape index (κ1) is 23.3. The summed E-state index contributed by atoms with van der Waals surface area (Å²) in [6, 6.07) is 16.8. The van der Waals surface area contributed by atoms with Crippen LogP contribution in [0, 0.1) is 0 Å². The molecule has 4 amide bonds. The molecule has 0 aliphatic carbocycles. The number of carbonyl (C=O) groups excluding carboxylic acids is 3. The highest BCUT2D eigenvalue weighted by Crippen LogP contribution is 2.14. The summed E-state index contributed by atoms with van der Waals surface area (Å²) in [5, 5.41) is 5.50. The van der Waals surface area contributed by atoms with E-state index in [0.29, 0.717) is 43.9 Å². The van der Waals surface area contributed by atoms with Crippen LogP contribution in [0.15, 0.2) is 54.6 Å². The topological polar surface area (TPSA) is 81.8 Å². The maximum absolute atomic E-state index is 12.8. The molecule has 0 spiro atoms. The summed E-state index contributed by atoms with van der Waals surface area (Å²) in [7, 11) is 0. The van der Waals surface area contributed by atoms with E-state index in [9.17, 15) is 14.4 Å². The van der Waals surface area contributed by atoms with Crippen LogP contribution >= 0.6 is 0 Å². The van der Waals surface area contributed by atoms with Crippen LogP contribution in [0.4, 0.5) is 10.5 Å². The first-order valence-electron chi connectivity index (χ1n) is 11.2. The molecular formula is C25H32N4O3. The Morgan fingerprint density at radius 2 is 1.50 bits per heavy atom. The van der Waals surface area contributed by atoms with Crippen molar-refractivity contribution in [2.75, 3.05) is 31.5 Å². The van der Waals surface area contributed by atoms with Gasteiger partial charge in [-0.1, -0.05) is 30.3 Å². The second kappa shape index (κ2) is 11.3. The SMILES string of the molecule is CC(C)NC(=O)Nc1ccc(C(=O)N2CCN(C(=O)CCCc3ccccc3)CC2)cc1. The van der Waals surface area contributed by atoms with Crippen LogP contribution in [0.2, 0.25) is 0 Å². The minimum Gasteiger partial charge on any atom is -0.339 e. The average Bonchev–Trinajstić information content (AvgIpc) is 2.79. The minimum absolute atomic E-state index is 0.0465. The van der Waals surface area contributed by atoms with Crippen LogP contribution in [0.25, 0.3) is 0 Å². The monoisotopic (exact) mass is 436 g/mol. The molecule has 0 unspecified atom stereocenters. The van der Waals surface area contributed by atoms with Crippen molar-refractivity contribution in [3.8, 4) is 0 Å². The molecule has 0 radical (unpaired) electrons. The maximum atomic E-state index is 12.8. The predicted octanol–water partition coefficient (Wildman–Crippen LogP) is 3.52. The molecule has 2 aromatic carbocycles. The van der Waals surface area contributed by atoms with Gasteiger partial charge in [-0.2, -0.15) is 0 Å². The van der Waals surface area contributed by atoms with Crippen molar-refractivity contribution in [2.24, 2.45) is 0 Å². The molecule has 1 aliphatic heterocycles. The summed E-state index contributed by atoms with van der Waals surface area (Å²) in [5.41, 5.74) is 2.45. The van der Waals surface area contributed by atoms with E-state index in [4.69, 9.17) is 0 Å². The molecule has 1 fully saturated rings. The van der Waals surface area contributed by atoms with Gasteiger partial charge in [0, 0.05) is 49.9 Å². The van der Waals surface area contributed by atoms with E-state index in [2.05, 4.69) is 22.8 Å². The Bertz CT molecular complexity index is 905. The first-order valence-corrected chi connectivity index (χ1v) is 11.2. The van der Waals surface area contributed by atoms with Crippen molar-refractivity contribution in [1.29, 1.82) is 0 Å². The Balaban J connectivity index is 1.42. The van der Waals surface area contributed by atoms with Gasteiger partial charge in [0.1, 0.15) is 0 Å². The summed E-state index contributed by atoms with van der Waals surface area (Å²) in [6.07, 6.45) is 2.26. The lowest BCUT2D eigenvalue weighted by Gasteiger charge is -2.35. The van der Waals surface area contributed by atoms with Crippen LogP contribution < -0.4 is 10.6 Å². The van der Waals surface area contributed by atoms with Crippen molar-refractivity contribution in [3.63, 3.8) is 0 Å². The summed E-state index contributed by atoms with van der Waals surface area (Å²) in [4.78, 5) is 40.7. The molecule has 1 heterocycles. The number of benzene rings is 2. The second-order valence-electron chi connectivity index (χ2n) is 8.34. The predicted molar refractivity (Wildman–Crippen MR) is 126 cm³/mol. The second-order valence-corrected chi connectivity index (χ2v) is 8.34. The number of urea groups is 1. The fraction of sp³-hybridized carbons (Fsp3) is 0.400. The zero-order valence-electron chi connectivity index (χ0n) is 18.8. The number of carbonyl (C=O) groups is 3. The quantitative estimate of drug-likeness (QED) is 0.697. The highest BCUT2D eigenvalue weighted by Gasteiger charge is 2.24. The van der Waals surface area contributed by atoms with Crippen LogP contribution in [-0.4, -0.2) is 59.9 Å². The van der Waals surface area contributed by atoms with Gasteiger partial charge in [-0.15, -0.1) is 0 Å². The average molecular weight is 437 g/mol. The van der Waals surface area contributed by atoms with E-state index in [-0.39, 0.29) is 23.9 Å². The van der Waals surface area contributed by atoms with Gasteiger partial charge in [-0.3, -0.25) is 9.59 Å². The third-order valence-corrected chi connectivity index (χ3v) is 5.43. The molecule has 3 rings (SSSR count). The molecule has 2 aromatic rings. The van der Waals surface area contributed by atoms with Crippen molar-refractivity contribution in [1.82, 2.24) is 15.1 Å². The van der Waals surface area contributed by atoms with Crippen LogP contribution in [0.3, 0.4) is 0 Å². The fourth-order valence-corrected chi connectivity index (χ4v) is 3.71. The number of hydrogen-bond acceptors (Lipinski definition) is 3. The number of nitrogens with one attached hydrogen (secondary N) is 2. The molecule has 1 aliphatic rings. The molecule has 32 heavy (non-hydrogen) atoms. The first-order chi connectivity index (χ1) is 15.4. The highest BCUT2D eigenvalue weighted by molar-refractivity contribution is 5.95. The van der Waals surface area contributed by atoms with E-state index in [0.717, 1.165) is 12.8 Å². The van der Waals surface area contributed by atoms with Gasteiger partial charge in [0.2, 0.25) is 5.91 Å². The van der Waals surface area contributed by atoms with E-state index >= 15 is 0 Å². The van der Waals surface area contributed by atoms with Crippen molar-refractivity contribution < 1.29 is 14.4 Å². The lowest BCUT2D eigenvalue weighted by Crippen LogP contribution is -2.50. The Hall–Kier alpha value is -3.35. The Morgan fingerprint density at radius 3 is 2.12 bits per heavy atom. The Labute approximate surface area is 189 Å². The molecular weight excluding hydrogens is 404 g/mol. The molecule has 0 aromatic heterocycles. The molecule has 170 valence electrons.